The molecule has 0 aliphatic rings. The van der Waals surface area contributed by atoms with E-state index in [2.05, 4.69) is 128 Å². The molecule has 1 nitrogen and oxygen atoms in total. The van der Waals surface area contributed by atoms with E-state index in [0.29, 0.717) is 16.5 Å². The quantitative estimate of drug-likeness (QED) is 0.186. The smallest absolute Gasteiger partial charge is 0.113 e. The summed E-state index contributed by atoms with van der Waals surface area (Å²) in [7, 11) is 32.4. The second kappa shape index (κ2) is 11.2. The molecule has 232 valence electrons. The summed E-state index contributed by atoms with van der Waals surface area (Å²) >= 11 is 1.77. The maximum absolute atomic E-state index is 6.69. The van der Waals surface area contributed by atoms with Crippen LogP contribution < -0.4 is 27.3 Å². The Balaban J connectivity index is 1.66. The molecule has 7 heteroatoms. The summed E-state index contributed by atoms with van der Waals surface area (Å²) in [6.45, 7) is 20.6. The zero-order chi connectivity index (χ0) is 35.5. The summed E-state index contributed by atoms with van der Waals surface area (Å²) in [5, 5.41) is 4.79. The molecule has 7 aromatic rings. The van der Waals surface area contributed by atoms with Gasteiger partial charge in [-0.25, -0.2) is 0 Å². The standard InChI is InChI=1S/C42H38B5NS/c1-40(2,3)21-13-15-26-24(19-21)25-20-22(41(4,5)6)14-16-27(25)48(26)28-17-18-30-33(34(28)42(7,8)9)31-23(11-10-12-29(31)49-30)32-35(43)37(45)39(47)38(46)36(32)44/h10-20H,1-9H3. The number of hydrogen-bond donors (Lipinski definition) is 0. The molecule has 5 aromatic carbocycles. The van der Waals surface area contributed by atoms with Crippen LogP contribution in [0.3, 0.4) is 0 Å². The minimum atomic E-state index is -0.244. The SMILES string of the molecule is [B]c1c([B])c([B])c(-c2cccc3sc4ccc(-n5c6ccc(C(C)(C)C)cc6c6cc(C(C)(C)C)ccc65)c(C(C)(C)C)c4c23)c([B])c1[B]. The lowest BCUT2D eigenvalue weighted by atomic mass is 9.59. The fourth-order valence-corrected chi connectivity index (χ4v) is 8.55. The van der Waals surface area contributed by atoms with E-state index in [1.54, 1.807) is 11.3 Å². The maximum atomic E-state index is 6.69. The number of benzene rings is 5. The monoisotopic (exact) mass is 643 g/mol. The topological polar surface area (TPSA) is 4.93 Å². The van der Waals surface area contributed by atoms with Gasteiger partial charge in [-0.2, -0.15) is 0 Å². The van der Waals surface area contributed by atoms with E-state index in [4.69, 9.17) is 39.2 Å². The molecule has 2 heterocycles. The van der Waals surface area contributed by atoms with Crippen molar-refractivity contribution in [2.24, 2.45) is 0 Å². The van der Waals surface area contributed by atoms with Crippen molar-refractivity contribution in [3.8, 4) is 16.8 Å². The van der Waals surface area contributed by atoms with E-state index in [9.17, 15) is 0 Å². The average Bonchev–Trinajstić information content (AvgIpc) is 3.56. The molecule has 0 spiro atoms. The highest BCUT2D eigenvalue weighted by Gasteiger charge is 2.29. The van der Waals surface area contributed by atoms with Crippen LogP contribution >= 0.6 is 11.3 Å². The minimum absolute atomic E-state index is 0.0182. The van der Waals surface area contributed by atoms with Gasteiger partial charge in [0.05, 0.1) is 16.7 Å². The molecule has 2 aromatic heterocycles. The molecule has 0 fully saturated rings. The van der Waals surface area contributed by atoms with Crippen LogP contribution in [0.2, 0.25) is 0 Å². The zero-order valence-electron chi connectivity index (χ0n) is 30.1. The van der Waals surface area contributed by atoms with Crippen LogP contribution in [0, 0.1) is 0 Å². The number of thiophene rings is 1. The van der Waals surface area contributed by atoms with E-state index in [-0.39, 0.29) is 32.6 Å². The van der Waals surface area contributed by atoms with Crippen LogP contribution in [-0.2, 0) is 16.2 Å². The van der Waals surface area contributed by atoms with Gasteiger partial charge >= 0.3 is 0 Å². The Morgan fingerprint density at radius 3 is 1.49 bits per heavy atom. The van der Waals surface area contributed by atoms with Crippen LogP contribution in [-0.4, -0.2) is 43.8 Å². The first kappa shape index (κ1) is 33.9. The number of fused-ring (bicyclic) bond motifs is 6. The summed E-state index contributed by atoms with van der Waals surface area (Å²) in [4.78, 5) is 0. The lowest BCUT2D eigenvalue weighted by Gasteiger charge is -2.27. The zero-order valence-corrected chi connectivity index (χ0v) is 30.9. The van der Waals surface area contributed by atoms with Gasteiger partial charge in [0.25, 0.3) is 0 Å². The van der Waals surface area contributed by atoms with Crippen molar-refractivity contribution in [1.29, 1.82) is 0 Å². The number of hydrogen-bond acceptors (Lipinski definition) is 1. The molecule has 0 N–H and O–H groups in total. The molecular weight excluding hydrogens is 605 g/mol. The van der Waals surface area contributed by atoms with Crippen LogP contribution in [0.4, 0.5) is 0 Å². The second-order valence-corrected chi connectivity index (χ2v) is 17.7. The summed E-state index contributed by atoms with van der Waals surface area (Å²) in [6, 6.07) is 24.8. The molecule has 0 atom stereocenters. The first-order chi connectivity index (χ1) is 22.8. The van der Waals surface area contributed by atoms with Crippen molar-refractivity contribution in [1.82, 2.24) is 4.57 Å². The number of aromatic nitrogens is 1. The van der Waals surface area contributed by atoms with Gasteiger partial charge in [-0.15, -0.1) is 27.7 Å². The third-order valence-electron chi connectivity index (χ3n) is 10.1. The Bertz CT molecular complexity index is 2400. The number of nitrogens with zero attached hydrogens (tertiary/aromatic N) is 1. The predicted molar refractivity (Wildman–Crippen MR) is 222 cm³/mol. The normalized spacial score (nSPS) is 13.0. The van der Waals surface area contributed by atoms with Gasteiger partial charge in [-0.05, 0) is 86.5 Å². The molecule has 0 amide bonds. The van der Waals surface area contributed by atoms with E-state index < -0.39 is 0 Å². The first-order valence-electron chi connectivity index (χ1n) is 16.9. The average molecular weight is 643 g/mol. The third kappa shape index (κ3) is 5.25. The molecule has 0 aliphatic heterocycles. The van der Waals surface area contributed by atoms with Gasteiger partial charge in [-0.1, -0.05) is 97.5 Å². The molecule has 0 aliphatic carbocycles. The van der Waals surface area contributed by atoms with E-state index in [0.717, 1.165) is 21.3 Å². The molecule has 0 unspecified atom stereocenters. The molecule has 49 heavy (non-hydrogen) atoms. The molecule has 10 radical (unpaired) electrons. The van der Waals surface area contributed by atoms with Gasteiger partial charge in [0.1, 0.15) is 39.2 Å². The predicted octanol–water partition coefficient (Wildman–Crippen LogP) is 6.68. The van der Waals surface area contributed by atoms with Crippen LogP contribution in [0.5, 0.6) is 0 Å². The Hall–Kier alpha value is -3.56. The summed E-state index contributed by atoms with van der Waals surface area (Å²) < 4.78 is 4.79. The van der Waals surface area contributed by atoms with Gasteiger partial charge in [-0.3, -0.25) is 0 Å². The third-order valence-corrected chi connectivity index (χ3v) is 11.2. The van der Waals surface area contributed by atoms with Gasteiger partial charge in [0, 0.05) is 30.9 Å². The minimum Gasteiger partial charge on any atom is -0.309 e. The van der Waals surface area contributed by atoms with Crippen molar-refractivity contribution < 1.29 is 0 Å². The second-order valence-electron chi connectivity index (χ2n) is 16.6. The van der Waals surface area contributed by atoms with Crippen LogP contribution in [0.25, 0.3) is 58.8 Å². The molecule has 0 bridgehead atoms. The Morgan fingerprint density at radius 1 is 0.510 bits per heavy atom. The highest BCUT2D eigenvalue weighted by atomic mass is 32.1. The lowest BCUT2D eigenvalue weighted by Crippen LogP contribution is -2.55. The maximum Gasteiger partial charge on any atom is 0.113 e. The highest BCUT2D eigenvalue weighted by Crippen LogP contribution is 2.47. The van der Waals surface area contributed by atoms with Gasteiger partial charge in [0.15, 0.2) is 0 Å². The summed E-state index contributed by atoms with van der Waals surface area (Å²) in [5.74, 6) is 0. The summed E-state index contributed by atoms with van der Waals surface area (Å²) in [5.41, 5.74) is 10.1. The molecular formula is C42H38B5NS. The van der Waals surface area contributed by atoms with Crippen molar-refractivity contribution in [3.63, 3.8) is 0 Å². The van der Waals surface area contributed by atoms with Gasteiger partial charge < -0.3 is 4.57 Å². The van der Waals surface area contributed by atoms with Gasteiger partial charge in [0.2, 0.25) is 0 Å². The van der Waals surface area contributed by atoms with Crippen LogP contribution in [0.15, 0.2) is 66.7 Å². The lowest BCUT2D eigenvalue weighted by molar-refractivity contribution is 0.590. The highest BCUT2D eigenvalue weighted by molar-refractivity contribution is 7.26. The fourth-order valence-electron chi connectivity index (χ4n) is 7.41. The van der Waals surface area contributed by atoms with Crippen LogP contribution in [0.1, 0.15) is 79.0 Å². The number of rotatable bonds is 2. The molecule has 7 rings (SSSR count). The van der Waals surface area contributed by atoms with Crippen molar-refractivity contribution in [2.75, 3.05) is 0 Å². The Morgan fingerprint density at radius 2 is 1.00 bits per heavy atom. The van der Waals surface area contributed by atoms with E-state index >= 15 is 0 Å². The summed E-state index contributed by atoms with van der Waals surface area (Å²) in [6.07, 6.45) is 0. The largest absolute Gasteiger partial charge is 0.309 e. The first-order valence-corrected chi connectivity index (χ1v) is 17.7. The van der Waals surface area contributed by atoms with Crippen molar-refractivity contribution in [2.45, 2.75) is 78.6 Å². The van der Waals surface area contributed by atoms with E-state index in [1.807, 2.05) is 6.07 Å². The van der Waals surface area contributed by atoms with E-state index in [1.165, 1.54) is 48.6 Å². The molecule has 0 saturated carbocycles. The fraction of sp³-hybridized carbons (Fsp3) is 0.286. The Labute approximate surface area is 301 Å². The van der Waals surface area contributed by atoms with Crippen molar-refractivity contribution in [3.05, 3.63) is 83.4 Å². The Kier molecular flexibility index (Phi) is 7.77. The van der Waals surface area contributed by atoms with Crippen molar-refractivity contribution >= 4 is 120 Å². The molecule has 0 saturated heterocycles.